The smallest absolute Gasteiger partial charge is 0.230 e. The number of hydrogen-bond acceptors (Lipinski definition) is 4. The standard InChI is InChI=1S/C10H10FN3O/c11-7-4-2-1-3-6(7)9-8(5-12)14-15-10(9)13/h1-4H,5,12-13H2. The Hall–Kier alpha value is -1.88. The number of aromatic nitrogens is 1. The van der Waals surface area contributed by atoms with Gasteiger partial charge < -0.3 is 16.0 Å². The third-order valence-corrected chi connectivity index (χ3v) is 2.13. The number of hydrogen-bond donors (Lipinski definition) is 2. The monoisotopic (exact) mass is 207 g/mol. The summed E-state index contributed by atoms with van der Waals surface area (Å²) in [6.45, 7) is 0.157. The molecule has 0 amide bonds. The van der Waals surface area contributed by atoms with Crippen molar-refractivity contribution in [1.29, 1.82) is 0 Å². The van der Waals surface area contributed by atoms with Gasteiger partial charge in [-0.15, -0.1) is 0 Å². The molecule has 0 aliphatic rings. The number of rotatable bonds is 2. The highest BCUT2D eigenvalue weighted by Gasteiger charge is 2.17. The summed E-state index contributed by atoms with van der Waals surface area (Å²) in [7, 11) is 0. The first-order chi connectivity index (χ1) is 7.24. The molecule has 0 aliphatic carbocycles. The molecule has 0 aliphatic heterocycles. The van der Waals surface area contributed by atoms with E-state index in [1.54, 1.807) is 18.2 Å². The molecule has 0 unspecified atom stereocenters. The normalized spacial score (nSPS) is 10.5. The zero-order valence-corrected chi connectivity index (χ0v) is 7.90. The predicted octanol–water partition coefficient (Wildman–Crippen LogP) is 1.52. The maximum absolute atomic E-state index is 13.5. The molecule has 0 saturated carbocycles. The minimum atomic E-state index is -0.373. The van der Waals surface area contributed by atoms with Gasteiger partial charge in [-0.25, -0.2) is 4.39 Å². The number of benzene rings is 1. The van der Waals surface area contributed by atoms with Crippen molar-refractivity contribution in [2.75, 3.05) is 5.73 Å². The van der Waals surface area contributed by atoms with Crippen molar-refractivity contribution in [2.45, 2.75) is 6.54 Å². The van der Waals surface area contributed by atoms with Crippen LogP contribution in [-0.2, 0) is 6.54 Å². The summed E-state index contributed by atoms with van der Waals surface area (Å²) < 4.78 is 18.3. The fourth-order valence-electron chi connectivity index (χ4n) is 1.43. The topological polar surface area (TPSA) is 78.1 Å². The minimum absolute atomic E-state index is 0.0838. The maximum Gasteiger partial charge on any atom is 0.230 e. The Kier molecular flexibility index (Phi) is 2.39. The average Bonchev–Trinajstić information content (AvgIpc) is 2.60. The molecule has 1 aromatic heterocycles. The van der Waals surface area contributed by atoms with Crippen LogP contribution in [0.2, 0.25) is 0 Å². The third kappa shape index (κ3) is 1.57. The first-order valence-corrected chi connectivity index (χ1v) is 4.43. The van der Waals surface area contributed by atoms with Crippen LogP contribution in [0.4, 0.5) is 10.3 Å². The molecule has 1 aromatic carbocycles. The lowest BCUT2D eigenvalue weighted by Crippen LogP contribution is -1.99. The number of nitrogen functional groups attached to an aromatic ring is 1. The van der Waals surface area contributed by atoms with Crippen LogP contribution in [0.3, 0.4) is 0 Å². The summed E-state index contributed by atoms with van der Waals surface area (Å²) >= 11 is 0. The number of halogens is 1. The van der Waals surface area contributed by atoms with Gasteiger partial charge in [0.15, 0.2) is 0 Å². The van der Waals surface area contributed by atoms with Gasteiger partial charge in [0.1, 0.15) is 11.5 Å². The Morgan fingerprint density at radius 2 is 2.07 bits per heavy atom. The van der Waals surface area contributed by atoms with Gasteiger partial charge in [0.25, 0.3) is 0 Å². The molecule has 0 fully saturated rings. The summed E-state index contributed by atoms with van der Waals surface area (Å²) in [5, 5.41) is 3.66. The second-order valence-electron chi connectivity index (χ2n) is 3.05. The molecule has 2 aromatic rings. The van der Waals surface area contributed by atoms with E-state index in [1.807, 2.05) is 0 Å². The molecule has 5 heteroatoms. The molecule has 0 atom stereocenters. The van der Waals surface area contributed by atoms with E-state index in [0.717, 1.165) is 0 Å². The Morgan fingerprint density at radius 1 is 1.33 bits per heavy atom. The second kappa shape index (κ2) is 3.70. The SMILES string of the molecule is NCc1noc(N)c1-c1ccccc1F. The van der Waals surface area contributed by atoms with Gasteiger partial charge in [0, 0.05) is 12.1 Å². The van der Waals surface area contributed by atoms with E-state index in [1.165, 1.54) is 6.07 Å². The van der Waals surface area contributed by atoms with Crippen molar-refractivity contribution in [3.8, 4) is 11.1 Å². The summed E-state index contributed by atoms with van der Waals surface area (Å²) in [6.07, 6.45) is 0. The van der Waals surface area contributed by atoms with Gasteiger partial charge in [-0.1, -0.05) is 23.4 Å². The maximum atomic E-state index is 13.5. The van der Waals surface area contributed by atoms with E-state index in [9.17, 15) is 4.39 Å². The second-order valence-corrected chi connectivity index (χ2v) is 3.05. The number of nitrogens with two attached hydrogens (primary N) is 2. The molecule has 1 heterocycles. The van der Waals surface area contributed by atoms with Gasteiger partial charge >= 0.3 is 0 Å². The van der Waals surface area contributed by atoms with Crippen LogP contribution < -0.4 is 11.5 Å². The molecule has 4 N–H and O–H groups in total. The van der Waals surface area contributed by atoms with Crippen molar-refractivity contribution in [3.63, 3.8) is 0 Å². The summed E-state index contributed by atoms with van der Waals surface area (Å²) in [6, 6.07) is 6.27. The van der Waals surface area contributed by atoms with Gasteiger partial charge in [-0.05, 0) is 6.07 Å². The van der Waals surface area contributed by atoms with E-state index in [0.29, 0.717) is 16.8 Å². The van der Waals surface area contributed by atoms with Crippen LogP contribution in [0.15, 0.2) is 28.8 Å². The van der Waals surface area contributed by atoms with Crippen LogP contribution in [0.1, 0.15) is 5.69 Å². The molecule has 4 nitrogen and oxygen atoms in total. The van der Waals surface area contributed by atoms with E-state index in [2.05, 4.69) is 5.16 Å². The lowest BCUT2D eigenvalue weighted by atomic mass is 10.1. The van der Waals surface area contributed by atoms with Crippen molar-refractivity contribution in [1.82, 2.24) is 5.16 Å². The molecule has 78 valence electrons. The number of anilines is 1. The van der Waals surface area contributed by atoms with Crippen molar-refractivity contribution >= 4 is 5.88 Å². The molecule has 0 bridgehead atoms. The zero-order chi connectivity index (χ0) is 10.8. The predicted molar refractivity (Wildman–Crippen MR) is 54.2 cm³/mol. The lowest BCUT2D eigenvalue weighted by molar-refractivity contribution is 0.428. The average molecular weight is 207 g/mol. The number of nitrogens with zero attached hydrogens (tertiary/aromatic N) is 1. The highest BCUT2D eigenvalue weighted by molar-refractivity contribution is 5.75. The minimum Gasteiger partial charge on any atom is -0.367 e. The fourth-order valence-corrected chi connectivity index (χ4v) is 1.43. The quantitative estimate of drug-likeness (QED) is 0.782. The fraction of sp³-hybridized carbons (Fsp3) is 0.100. The lowest BCUT2D eigenvalue weighted by Gasteiger charge is -2.01. The molecule has 0 radical (unpaired) electrons. The molecule has 0 saturated heterocycles. The first kappa shape index (κ1) is 9.67. The van der Waals surface area contributed by atoms with Gasteiger partial charge in [0.2, 0.25) is 5.88 Å². The largest absolute Gasteiger partial charge is 0.367 e. The van der Waals surface area contributed by atoms with Gasteiger partial charge in [0.05, 0.1) is 5.56 Å². The van der Waals surface area contributed by atoms with Crippen LogP contribution >= 0.6 is 0 Å². The van der Waals surface area contributed by atoms with Crippen molar-refractivity contribution in [2.24, 2.45) is 5.73 Å². The zero-order valence-electron chi connectivity index (χ0n) is 7.90. The molecule has 0 spiro atoms. The van der Waals surface area contributed by atoms with Crippen LogP contribution in [0.25, 0.3) is 11.1 Å². The highest BCUT2D eigenvalue weighted by Crippen LogP contribution is 2.31. The van der Waals surface area contributed by atoms with Gasteiger partial charge in [-0.2, -0.15) is 0 Å². The van der Waals surface area contributed by atoms with Gasteiger partial charge in [-0.3, -0.25) is 0 Å². The summed E-state index contributed by atoms with van der Waals surface area (Å²) in [5.41, 5.74) is 12.3. The van der Waals surface area contributed by atoms with E-state index in [4.69, 9.17) is 16.0 Å². The van der Waals surface area contributed by atoms with Crippen molar-refractivity contribution in [3.05, 3.63) is 35.8 Å². The molecule has 2 rings (SSSR count). The molecular formula is C10H10FN3O. The molecular weight excluding hydrogens is 197 g/mol. The Morgan fingerprint density at radius 3 is 2.73 bits per heavy atom. The summed E-state index contributed by atoms with van der Waals surface area (Å²) in [5.74, 6) is -0.289. The summed E-state index contributed by atoms with van der Waals surface area (Å²) in [4.78, 5) is 0. The Balaban J connectivity index is 2.63. The highest BCUT2D eigenvalue weighted by atomic mass is 19.1. The Bertz CT molecular complexity index is 481. The van der Waals surface area contributed by atoms with E-state index in [-0.39, 0.29) is 18.2 Å². The van der Waals surface area contributed by atoms with Crippen LogP contribution in [0.5, 0.6) is 0 Å². The molecule has 15 heavy (non-hydrogen) atoms. The Labute approximate surface area is 85.7 Å². The van der Waals surface area contributed by atoms with E-state index < -0.39 is 0 Å². The third-order valence-electron chi connectivity index (χ3n) is 2.13. The van der Waals surface area contributed by atoms with Crippen LogP contribution in [0, 0.1) is 5.82 Å². The van der Waals surface area contributed by atoms with Crippen molar-refractivity contribution < 1.29 is 8.91 Å². The first-order valence-electron chi connectivity index (χ1n) is 4.43. The van der Waals surface area contributed by atoms with Crippen LogP contribution in [-0.4, -0.2) is 5.16 Å². The van der Waals surface area contributed by atoms with E-state index >= 15 is 0 Å².